The van der Waals surface area contributed by atoms with Gasteiger partial charge in [0.1, 0.15) is 0 Å². The first kappa shape index (κ1) is 14.1. The van der Waals surface area contributed by atoms with Gasteiger partial charge in [-0.25, -0.2) is 0 Å². The number of halogens is 1. The minimum absolute atomic E-state index is 0.112. The number of fused-ring (bicyclic) bond motifs is 1. The van der Waals surface area contributed by atoms with Crippen molar-refractivity contribution in [3.8, 4) is 0 Å². The van der Waals surface area contributed by atoms with Crippen LogP contribution in [0.4, 0.5) is 11.4 Å². The first-order chi connectivity index (χ1) is 10.1. The Labute approximate surface area is 133 Å². The van der Waals surface area contributed by atoms with Gasteiger partial charge in [0.15, 0.2) is 0 Å². The zero-order valence-electron chi connectivity index (χ0n) is 11.9. The number of carbonyl (C=O) groups is 1. The van der Waals surface area contributed by atoms with E-state index in [4.69, 9.17) is 0 Å². The highest BCUT2D eigenvalue weighted by Crippen LogP contribution is 2.27. The van der Waals surface area contributed by atoms with Crippen LogP contribution in [0, 0.1) is 6.92 Å². The molecular formula is C17H17BrN2O. The largest absolute Gasteiger partial charge is 0.376 e. The molecule has 0 bridgehead atoms. The van der Waals surface area contributed by atoms with Crippen molar-refractivity contribution in [2.24, 2.45) is 0 Å². The second-order valence-corrected chi connectivity index (χ2v) is 6.10. The average Bonchev–Trinajstić information content (AvgIpc) is 2.92. The maximum absolute atomic E-state index is 12.4. The van der Waals surface area contributed by atoms with Crippen LogP contribution < -0.4 is 10.2 Å². The molecule has 108 valence electrons. The lowest BCUT2D eigenvalue weighted by Gasteiger charge is -2.18. The molecule has 0 unspecified atom stereocenters. The van der Waals surface area contributed by atoms with Gasteiger partial charge in [-0.05, 0) is 48.7 Å². The Hall–Kier alpha value is -1.81. The molecule has 0 saturated carbocycles. The number of amides is 1. The lowest BCUT2D eigenvalue weighted by atomic mass is 10.2. The third-order valence-electron chi connectivity index (χ3n) is 3.79. The maximum Gasteiger partial charge on any atom is 0.246 e. The Morgan fingerprint density at radius 1 is 1.29 bits per heavy atom. The van der Waals surface area contributed by atoms with Crippen LogP contribution in [0.15, 0.2) is 46.9 Å². The fourth-order valence-corrected chi connectivity index (χ4v) is 2.87. The molecule has 1 amide bonds. The number of rotatable bonds is 3. The van der Waals surface area contributed by atoms with Crippen LogP contribution in [0.5, 0.6) is 0 Å². The van der Waals surface area contributed by atoms with Gasteiger partial charge >= 0.3 is 0 Å². The van der Waals surface area contributed by atoms with E-state index in [1.54, 1.807) is 0 Å². The molecule has 0 fully saturated rings. The minimum atomic E-state index is 0.112. The van der Waals surface area contributed by atoms with E-state index < -0.39 is 0 Å². The summed E-state index contributed by atoms with van der Waals surface area (Å²) in [5, 5.41) is 3.21. The molecule has 3 nitrogen and oxygen atoms in total. The fourth-order valence-electron chi connectivity index (χ4n) is 2.63. The average molecular weight is 345 g/mol. The standard InChI is InChI=1S/C17H17BrN2O/c1-12-10-14(6-7-15(12)18)19-11-17(21)20-9-8-13-4-2-3-5-16(13)20/h2-7,10,19H,8-9,11H2,1H3. The van der Waals surface area contributed by atoms with Crippen molar-refractivity contribution in [1.82, 2.24) is 0 Å². The molecule has 0 aromatic heterocycles. The van der Waals surface area contributed by atoms with Gasteiger partial charge in [-0.1, -0.05) is 34.1 Å². The van der Waals surface area contributed by atoms with Crippen molar-refractivity contribution in [2.75, 3.05) is 23.3 Å². The summed E-state index contributed by atoms with van der Waals surface area (Å²) in [7, 11) is 0. The monoisotopic (exact) mass is 344 g/mol. The van der Waals surface area contributed by atoms with Crippen LogP contribution in [0.25, 0.3) is 0 Å². The first-order valence-corrected chi connectivity index (χ1v) is 7.83. The molecule has 4 heteroatoms. The summed E-state index contributed by atoms with van der Waals surface area (Å²) < 4.78 is 1.08. The predicted octanol–water partition coefficient (Wildman–Crippen LogP) is 3.76. The van der Waals surface area contributed by atoms with E-state index in [1.165, 1.54) is 5.56 Å². The second kappa shape index (κ2) is 5.90. The maximum atomic E-state index is 12.4. The van der Waals surface area contributed by atoms with Gasteiger partial charge in [-0.15, -0.1) is 0 Å². The molecule has 3 rings (SSSR count). The van der Waals surface area contributed by atoms with Crippen molar-refractivity contribution < 1.29 is 4.79 Å². The van der Waals surface area contributed by atoms with Gasteiger partial charge in [-0.3, -0.25) is 4.79 Å². The van der Waals surface area contributed by atoms with Gasteiger partial charge in [0, 0.05) is 22.4 Å². The van der Waals surface area contributed by atoms with Gasteiger partial charge in [0.2, 0.25) is 5.91 Å². The molecule has 0 radical (unpaired) electrons. The smallest absolute Gasteiger partial charge is 0.246 e. The van der Waals surface area contributed by atoms with E-state index in [0.29, 0.717) is 6.54 Å². The summed E-state index contributed by atoms with van der Waals surface area (Å²) in [6, 6.07) is 14.1. The third-order valence-corrected chi connectivity index (χ3v) is 4.68. The van der Waals surface area contributed by atoms with Crippen LogP contribution >= 0.6 is 15.9 Å². The summed E-state index contributed by atoms with van der Waals surface area (Å²) in [6.45, 7) is 3.13. The molecule has 21 heavy (non-hydrogen) atoms. The number of para-hydroxylation sites is 1. The number of benzene rings is 2. The minimum Gasteiger partial charge on any atom is -0.376 e. The van der Waals surface area contributed by atoms with E-state index in [0.717, 1.165) is 34.4 Å². The van der Waals surface area contributed by atoms with Gasteiger partial charge in [0.05, 0.1) is 6.54 Å². The van der Waals surface area contributed by atoms with Crippen molar-refractivity contribution >= 4 is 33.2 Å². The van der Waals surface area contributed by atoms with Crippen LogP contribution in [-0.2, 0) is 11.2 Å². The van der Waals surface area contributed by atoms with E-state index >= 15 is 0 Å². The summed E-state index contributed by atoms with van der Waals surface area (Å²) in [5.41, 5.74) is 4.43. The van der Waals surface area contributed by atoms with E-state index in [9.17, 15) is 4.79 Å². The molecule has 1 heterocycles. The number of nitrogens with one attached hydrogen (secondary N) is 1. The number of carbonyl (C=O) groups excluding carboxylic acids is 1. The fraction of sp³-hybridized carbons (Fsp3) is 0.235. The highest BCUT2D eigenvalue weighted by atomic mass is 79.9. The summed E-state index contributed by atoms with van der Waals surface area (Å²) in [4.78, 5) is 14.3. The molecular weight excluding hydrogens is 328 g/mol. The van der Waals surface area contributed by atoms with Crippen LogP contribution in [0.3, 0.4) is 0 Å². The van der Waals surface area contributed by atoms with Gasteiger partial charge < -0.3 is 10.2 Å². The number of hydrogen-bond donors (Lipinski definition) is 1. The van der Waals surface area contributed by atoms with Gasteiger partial charge in [0.25, 0.3) is 0 Å². The molecule has 1 aliphatic rings. The van der Waals surface area contributed by atoms with E-state index in [1.807, 2.05) is 48.2 Å². The molecule has 0 atom stereocenters. The zero-order valence-corrected chi connectivity index (χ0v) is 13.5. The predicted molar refractivity (Wildman–Crippen MR) is 89.9 cm³/mol. The molecule has 2 aromatic carbocycles. The van der Waals surface area contributed by atoms with Crippen LogP contribution in [0.2, 0.25) is 0 Å². The van der Waals surface area contributed by atoms with E-state index in [-0.39, 0.29) is 5.91 Å². The Kier molecular flexibility index (Phi) is 3.97. The Morgan fingerprint density at radius 2 is 2.10 bits per heavy atom. The SMILES string of the molecule is Cc1cc(NCC(=O)N2CCc3ccccc32)ccc1Br. The highest BCUT2D eigenvalue weighted by molar-refractivity contribution is 9.10. The molecule has 0 saturated heterocycles. The number of nitrogens with zero attached hydrogens (tertiary/aromatic N) is 1. The van der Waals surface area contributed by atoms with Crippen LogP contribution in [0.1, 0.15) is 11.1 Å². The van der Waals surface area contributed by atoms with E-state index in [2.05, 4.69) is 27.3 Å². The second-order valence-electron chi connectivity index (χ2n) is 5.24. The van der Waals surface area contributed by atoms with Gasteiger partial charge in [-0.2, -0.15) is 0 Å². The highest BCUT2D eigenvalue weighted by Gasteiger charge is 2.23. The number of anilines is 2. The molecule has 0 aliphatic carbocycles. The number of hydrogen-bond acceptors (Lipinski definition) is 2. The topological polar surface area (TPSA) is 32.3 Å². The normalized spacial score (nSPS) is 13.1. The molecule has 2 aromatic rings. The number of aryl methyl sites for hydroxylation is 1. The lowest BCUT2D eigenvalue weighted by Crippen LogP contribution is -2.34. The Bertz CT molecular complexity index is 684. The summed E-state index contributed by atoms with van der Waals surface area (Å²) >= 11 is 3.48. The lowest BCUT2D eigenvalue weighted by molar-refractivity contribution is -0.116. The molecule has 0 spiro atoms. The third kappa shape index (κ3) is 2.95. The quantitative estimate of drug-likeness (QED) is 0.919. The Morgan fingerprint density at radius 3 is 2.90 bits per heavy atom. The van der Waals surface area contributed by atoms with Crippen LogP contribution in [-0.4, -0.2) is 19.0 Å². The first-order valence-electron chi connectivity index (χ1n) is 7.03. The summed E-state index contributed by atoms with van der Waals surface area (Å²) in [6.07, 6.45) is 0.944. The van der Waals surface area contributed by atoms with Crippen molar-refractivity contribution in [2.45, 2.75) is 13.3 Å². The summed E-state index contributed by atoms with van der Waals surface area (Å²) in [5.74, 6) is 0.112. The Balaban J connectivity index is 1.66. The van der Waals surface area contributed by atoms with Crippen molar-refractivity contribution in [1.29, 1.82) is 0 Å². The molecule has 1 aliphatic heterocycles. The van der Waals surface area contributed by atoms with Crippen molar-refractivity contribution in [3.05, 3.63) is 58.1 Å². The molecule has 1 N–H and O–H groups in total. The van der Waals surface area contributed by atoms with Crippen molar-refractivity contribution in [3.63, 3.8) is 0 Å². The zero-order chi connectivity index (χ0) is 14.8.